The van der Waals surface area contributed by atoms with Crippen LogP contribution < -0.4 is 5.32 Å². The Bertz CT molecular complexity index is 999. The molecule has 0 aliphatic carbocycles. The third-order valence-corrected chi connectivity index (χ3v) is 5.15. The van der Waals surface area contributed by atoms with Crippen molar-refractivity contribution in [1.29, 1.82) is 0 Å². The molecule has 0 amide bonds. The molecule has 0 aliphatic rings. The fourth-order valence-corrected chi connectivity index (χ4v) is 3.73. The third-order valence-electron chi connectivity index (χ3n) is 3.97. The third kappa shape index (κ3) is 2.47. The molecular formula is C18H18N4S. The molecule has 3 aromatic heterocycles. The summed E-state index contributed by atoms with van der Waals surface area (Å²) < 4.78 is 1.91. The number of thiophene rings is 1. The minimum Gasteiger partial charge on any atom is -0.362 e. The van der Waals surface area contributed by atoms with E-state index < -0.39 is 0 Å². The number of aromatic nitrogens is 3. The van der Waals surface area contributed by atoms with E-state index in [4.69, 9.17) is 4.98 Å². The van der Waals surface area contributed by atoms with Gasteiger partial charge in [-0.3, -0.25) is 0 Å². The number of fused-ring (bicyclic) bond motifs is 3. The highest BCUT2D eigenvalue weighted by Crippen LogP contribution is 2.29. The van der Waals surface area contributed by atoms with Crippen molar-refractivity contribution in [3.8, 4) is 0 Å². The molecule has 5 heteroatoms. The van der Waals surface area contributed by atoms with Gasteiger partial charge in [-0.15, -0.1) is 11.3 Å². The molecule has 0 saturated carbocycles. The van der Waals surface area contributed by atoms with Gasteiger partial charge in [0.15, 0.2) is 5.65 Å². The van der Waals surface area contributed by atoms with Gasteiger partial charge >= 0.3 is 0 Å². The normalized spacial score (nSPS) is 12.8. The van der Waals surface area contributed by atoms with Gasteiger partial charge in [0.2, 0.25) is 0 Å². The minimum absolute atomic E-state index is 0.219. The highest BCUT2D eigenvalue weighted by atomic mass is 32.1. The van der Waals surface area contributed by atoms with Crippen LogP contribution in [-0.4, -0.2) is 14.6 Å². The Morgan fingerprint density at radius 2 is 1.96 bits per heavy atom. The fraction of sp³-hybridized carbons (Fsp3) is 0.222. The molecule has 4 aromatic rings. The molecule has 0 saturated heterocycles. The number of para-hydroxylation sites is 1. The van der Waals surface area contributed by atoms with Crippen LogP contribution in [0, 0.1) is 13.8 Å². The molecule has 0 fully saturated rings. The van der Waals surface area contributed by atoms with E-state index in [1.165, 1.54) is 9.75 Å². The zero-order valence-electron chi connectivity index (χ0n) is 13.4. The van der Waals surface area contributed by atoms with Crippen LogP contribution in [0.25, 0.3) is 16.6 Å². The van der Waals surface area contributed by atoms with Crippen LogP contribution in [-0.2, 0) is 0 Å². The highest BCUT2D eigenvalue weighted by molar-refractivity contribution is 7.12. The Balaban J connectivity index is 1.84. The SMILES string of the molecule is Cc1cc2nc(N[C@H](C)c3ccc(C)s3)c3ccccc3n2n1. The van der Waals surface area contributed by atoms with Gasteiger partial charge < -0.3 is 5.32 Å². The van der Waals surface area contributed by atoms with Crippen molar-refractivity contribution in [3.05, 3.63) is 57.9 Å². The van der Waals surface area contributed by atoms with Gasteiger partial charge in [0.05, 0.1) is 17.3 Å². The number of anilines is 1. The van der Waals surface area contributed by atoms with Crippen molar-refractivity contribution < 1.29 is 0 Å². The second kappa shape index (κ2) is 5.35. The monoisotopic (exact) mass is 322 g/mol. The van der Waals surface area contributed by atoms with E-state index in [0.717, 1.165) is 28.1 Å². The van der Waals surface area contributed by atoms with Gasteiger partial charge in [-0.25, -0.2) is 9.50 Å². The van der Waals surface area contributed by atoms with E-state index in [9.17, 15) is 0 Å². The molecular weight excluding hydrogens is 304 g/mol. The molecule has 0 aliphatic heterocycles. The minimum atomic E-state index is 0.219. The zero-order chi connectivity index (χ0) is 16.0. The van der Waals surface area contributed by atoms with E-state index in [-0.39, 0.29) is 6.04 Å². The second-order valence-corrected chi connectivity index (χ2v) is 7.17. The van der Waals surface area contributed by atoms with E-state index in [1.807, 2.05) is 41.0 Å². The van der Waals surface area contributed by atoms with Crippen LogP contribution in [0.1, 0.15) is 28.4 Å². The zero-order valence-corrected chi connectivity index (χ0v) is 14.2. The summed E-state index contributed by atoms with van der Waals surface area (Å²) in [4.78, 5) is 7.44. The maximum Gasteiger partial charge on any atom is 0.158 e. The average Bonchev–Trinajstić information content (AvgIpc) is 3.13. The number of hydrogen-bond acceptors (Lipinski definition) is 4. The van der Waals surface area contributed by atoms with Crippen molar-refractivity contribution in [1.82, 2.24) is 14.6 Å². The second-order valence-electron chi connectivity index (χ2n) is 5.85. The molecule has 1 atom stereocenters. The smallest absolute Gasteiger partial charge is 0.158 e. The first-order valence-corrected chi connectivity index (χ1v) is 8.51. The van der Waals surface area contributed by atoms with Gasteiger partial charge in [-0.05, 0) is 45.0 Å². The summed E-state index contributed by atoms with van der Waals surface area (Å²) in [7, 11) is 0. The van der Waals surface area contributed by atoms with E-state index in [1.54, 1.807) is 0 Å². The molecule has 4 rings (SSSR count). The lowest BCUT2D eigenvalue weighted by molar-refractivity contribution is 0.894. The summed E-state index contributed by atoms with van der Waals surface area (Å²) in [6.45, 7) is 6.30. The largest absolute Gasteiger partial charge is 0.362 e. The number of benzene rings is 1. The van der Waals surface area contributed by atoms with Crippen molar-refractivity contribution >= 4 is 33.7 Å². The Morgan fingerprint density at radius 1 is 1.13 bits per heavy atom. The highest BCUT2D eigenvalue weighted by Gasteiger charge is 2.13. The Morgan fingerprint density at radius 3 is 2.74 bits per heavy atom. The lowest BCUT2D eigenvalue weighted by Gasteiger charge is -2.15. The number of nitrogens with zero attached hydrogens (tertiary/aromatic N) is 3. The Kier molecular flexibility index (Phi) is 3.31. The molecule has 0 spiro atoms. The van der Waals surface area contributed by atoms with E-state index in [0.29, 0.717) is 0 Å². The molecule has 0 bridgehead atoms. The van der Waals surface area contributed by atoms with Crippen LogP contribution in [0.2, 0.25) is 0 Å². The van der Waals surface area contributed by atoms with Gasteiger partial charge in [-0.2, -0.15) is 5.10 Å². The first kappa shape index (κ1) is 14.2. The molecule has 4 nitrogen and oxygen atoms in total. The number of aryl methyl sites for hydroxylation is 2. The lowest BCUT2D eigenvalue weighted by Crippen LogP contribution is -2.08. The van der Waals surface area contributed by atoms with Crippen LogP contribution in [0.15, 0.2) is 42.5 Å². The molecule has 3 heterocycles. The predicted octanol–water partition coefficient (Wildman–Crippen LogP) is 4.73. The average molecular weight is 322 g/mol. The Labute approximate surface area is 138 Å². The first-order chi connectivity index (χ1) is 11.1. The standard InChI is InChI=1S/C18H18N4S/c1-11-10-17-20-18(19-13(3)16-9-8-12(2)23-16)14-6-4-5-7-15(14)22(17)21-11/h4-10,13H,1-3H3,(H,19,20)/t13-/m1/s1. The summed E-state index contributed by atoms with van der Waals surface area (Å²) in [5, 5.41) is 9.21. The topological polar surface area (TPSA) is 42.2 Å². The summed E-state index contributed by atoms with van der Waals surface area (Å²) in [5.74, 6) is 0.909. The van der Waals surface area contributed by atoms with Crippen molar-refractivity contribution in [3.63, 3.8) is 0 Å². The Hall–Kier alpha value is -2.40. The van der Waals surface area contributed by atoms with Crippen LogP contribution >= 0.6 is 11.3 Å². The number of nitrogens with one attached hydrogen (secondary N) is 1. The molecule has 0 unspecified atom stereocenters. The maximum atomic E-state index is 4.79. The maximum absolute atomic E-state index is 4.79. The van der Waals surface area contributed by atoms with E-state index >= 15 is 0 Å². The molecule has 116 valence electrons. The fourth-order valence-electron chi connectivity index (χ4n) is 2.85. The van der Waals surface area contributed by atoms with Crippen LogP contribution in [0.4, 0.5) is 5.82 Å². The summed E-state index contributed by atoms with van der Waals surface area (Å²) in [6, 6.07) is 14.8. The molecule has 23 heavy (non-hydrogen) atoms. The summed E-state index contributed by atoms with van der Waals surface area (Å²) in [6.07, 6.45) is 0. The number of rotatable bonds is 3. The predicted molar refractivity (Wildman–Crippen MR) is 96.3 cm³/mol. The van der Waals surface area contributed by atoms with Crippen molar-refractivity contribution in [2.24, 2.45) is 0 Å². The van der Waals surface area contributed by atoms with E-state index in [2.05, 4.69) is 48.5 Å². The summed E-state index contributed by atoms with van der Waals surface area (Å²) >= 11 is 1.82. The van der Waals surface area contributed by atoms with Crippen LogP contribution in [0.3, 0.4) is 0 Å². The van der Waals surface area contributed by atoms with Gasteiger partial charge in [0.1, 0.15) is 5.82 Å². The quantitative estimate of drug-likeness (QED) is 0.593. The van der Waals surface area contributed by atoms with Crippen molar-refractivity contribution in [2.45, 2.75) is 26.8 Å². The van der Waals surface area contributed by atoms with Crippen LogP contribution in [0.5, 0.6) is 0 Å². The van der Waals surface area contributed by atoms with Gasteiger partial charge in [0.25, 0.3) is 0 Å². The molecule has 1 aromatic carbocycles. The summed E-state index contributed by atoms with van der Waals surface area (Å²) in [5.41, 5.74) is 2.92. The van der Waals surface area contributed by atoms with Gasteiger partial charge in [0, 0.05) is 21.2 Å². The van der Waals surface area contributed by atoms with Crippen molar-refractivity contribution in [2.75, 3.05) is 5.32 Å². The molecule has 1 N–H and O–H groups in total. The van der Waals surface area contributed by atoms with Gasteiger partial charge in [-0.1, -0.05) is 12.1 Å². The lowest BCUT2D eigenvalue weighted by atomic mass is 10.2. The number of hydrogen-bond donors (Lipinski definition) is 1. The molecule has 0 radical (unpaired) electrons. The first-order valence-electron chi connectivity index (χ1n) is 7.70.